The van der Waals surface area contributed by atoms with E-state index >= 15 is 0 Å². The minimum absolute atomic E-state index is 0.00259. The molecule has 0 unspecified atom stereocenters. The number of aromatic nitrogens is 4. The fourth-order valence-corrected chi connectivity index (χ4v) is 2.86. The number of fused-ring (bicyclic) bond motifs is 1. The molecule has 23 heavy (non-hydrogen) atoms. The van der Waals surface area contributed by atoms with Crippen LogP contribution in [0, 0.1) is 0 Å². The number of anilines is 1. The summed E-state index contributed by atoms with van der Waals surface area (Å²) in [4.78, 5) is 24.0. The lowest BCUT2D eigenvalue weighted by Crippen LogP contribution is -2.22. The number of para-hydroxylation sites is 1. The maximum Gasteiger partial charge on any atom is 0.247 e. The Kier molecular flexibility index (Phi) is 4.16. The number of amides is 1. The van der Waals surface area contributed by atoms with Crippen molar-refractivity contribution < 1.29 is 4.79 Å². The zero-order chi connectivity index (χ0) is 16.4. The van der Waals surface area contributed by atoms with Gasteiger partial charge in [0.15, 0.2) is 0 Å². The third-order valence-electron chi connectivity index (χ3n) is 3.24. The van der Waals surface area contributed by atoms with Crippen molar-refractivity contribution in [2.45, 2.75) is 26.3 Å². The van der Waals surface area contributed by atoms with Crippen LogP contribution in [0.25, 0.3) is 10.9 Å². The van der Waals surface area contributed by atoms with E-state index in [-0.39, 0.29) is 23.8 Å². The lowest BCUT2D eigenvalue weighted by Gasteiger charge is -2.08. The van der Waals surface area contributed by atoms with Gasteiger partial charge in [-0.1, -0.05) is 37.3 Å². The van der Waals surface area contributed by atoms with Gasteiger partial charge in [-0.3, -0.25) is 19.6 Å². The Bertz CT molecular complexity index is 915. The van der Waals surface area contributed by atoms with Crippen molar-refractivity contribution in [3.8, 4) is 0 Å². The van der Waals surface area contributed by atoms with E-state index in [9.17, 15) is 9.59 Å². The molecule has 0 saturated carbocycles. The third kappa shape index (κ3) is 3.26. The molecule has 0 aliphatic heterocycles. The van der Waals surface area contributed by atoms with E-state index < -0.39 is 0 Å². The lowest BCUT2D eigenvalue weighted by atomic mass is 10.2. The molecule has 3 rings (SSSR count). The number of hydrogen-bond acceptors (Lipinski definition) is 6. The smallest absolute Gasteiger partial charge is 0.247 e. The Balaban J connectivity index is 1.80. The number of nitrogens with one attached hydrogen (secondary N) is 1. The topological polar surface area (TPSA) is 89.8 Å². The summed E-state index contributed by atoms with van der Waals surface area (Å²) in [6.45, 7) is 4.03. The largest absolute Gasteiger partial charge is 0.299 e. The summed E-state index contributed by atoms with van der Waals surface area (Å²) in [5.74, 6) is 0.000457. The van der Waals surface area contributed by atoms with Crippen LogP contribution in [-0.4, -0.2) is 25.9 Å². The molecule has 0 bridgehead atoms. The Morgan fingerprint density at radius 3 is 2.83 bits per heavy atom. The quantitative estimate of drug-likeness (QED) is 0.791. The van der Waals surface area contributed by atoms with Crippen molar-refractivity contribution in [2.75, 3.05) is 5.32 Å². The standard InChI is InChI=1S/C15H15N5O2S/c1-9(2)14-18-19-15(23-14)17-13(22)8-20-11-6-4-3-5-10(11)12(21)7-16-20/h3-7,9H,8H2,1-2H3,(H,17,19,22). The van der Waals surface area contributed by atoms with E-state index in [0.717, 1.165) is 5.01 Å². The van der Waals surface area contributed by atoms with E-state index in [4.69, 9.17) is 0 Å². The predicted octanol–water partition coefficient (Wildman–Crippen LogP) is 2.01. The van der Waals surface area contributed by atoms with E-state index in [1.54, 1.807) is 24.3 Å². The van der Waals surface area contributed by atoms with E-state index in [1.807, 2.05) is 13.8 Å². The second-order valence-electron chi connectivity index (χ2n) is 5.33. The number of carbonyl (C=O) groups excluding carboxylic acids is 1. The molecular weight excluding hydrogens is 314 g/mol. The molecule has 118 valence electrons. The highest BCUT2D eigenvalue weighted by Gasteiger charge is 2.12. The van der Waals surface area contributed by atoms with Gasteiger partial charge in [-0.2, -0.15) is 5.10 Å². The van der Waals surface area contributed by atoms with Crippen LogP contribution in [0.5, 0.6) is 0 Å². The van der Waals surface area contributed by atoms with E-state index in [0.29, 0.717) is 16.0 Å². The van der Waals surface area contributed by atoms with Gasteiger partial charge >= 0.3 is 0 Å². The Labute approximate surface area is 136 Å². The van der Waals surface area contributed by atoms with Crippen LogP contribution >= 0.6 is 11.3 Å². The van der Waals surface area contributed by atoms with Crippen LogP contribution in [0.3, 0.4) is 0 Å². The van der Waals surface area contributed by atoms with Crippen molar-refractivity contribution >= 4 is 33.3 Å². The molecule has 0 aliphatic rings. The maximum atomic E-state index is 12.2. The summed E-state index contributed by atoms with van der Waals surface area (Å²) >= 11 is 1.35. The number of rotatable bonds is 4. The molecule has 0 aliphatic carbocycles. The van der Waals surface area contributed by atoms with Gasteiger partial charge in [0.2, 0.25) is 16.5 Å². The van der Waals surface area contributed by atoms with Gasteiger partial charge in [0.1, 0.15) is 11.6 Å². The molecule has 2 aromatic heterocycles. The van der Waals surface area contributed by atoms with Gasteiger partial charge in [0, 0.05) is 11.3 Å². The van der Waals surface area contributed by atoms with Crippen LogP contribution in [0.15, 0.2) is 35.3 Å². The number of carbonyl (C=O) groups is 1. The van der Waals surface area contributed by atoms with Crippen molar-refractivity contribution in [3.63, 3.8) is 0 Å². The normalized spacial score (nSPS) is 11.1. The fourth-order valence-electron chi connectivity index (χ4n) is 2.10. The molecule has 0 saturated heterocycles. The first kappa shape index (κ1) is 15.3. The molecule has 3 aromatic rings. The first-order chi connectivity index (χ1) is 11.0. The molecule has 7 nitrogen and oxygen atoms in total. The summed E-state index contributed by atoms with van der Waals surface area (Å²) in [6.07, 6.45) is 1.22. The molecule has 0 fully saturated rings. The predicted molar refractivity (Wildman–Crippen MR) is 88.6 cm³/mol. The van der Waals surface area contributed by atoms with Crippen molar-refractivity contribution in [1.29, 1.82) is 0 Å². The molecule has 1 N–H and O–H groups in total. The first-order valence-electron chi connectivity index (χ1n) is 7.12. The second kappa shape index (κ2) is 6.25. The highest BCUT2D eigenvalue weighted by molar-refractivity contribution is 7.15. The van der Waals surface area contributed by atoms with Gasteiger partial charge in [0.05, 0.1) is 11.7 Å². The van der Waals surface area contributed by atoms with Crippen molar-refractivity contribution in [3.05, 3.63) is 45.7 Å². The average molecular weight is 329 g/mol. The molecule has 2 heterocycles. The minimum Gasteiger partial charge on any atom is -0.299 e. The van der Waals surface area contributed by atoms with Gasteiger partial charge in [-0.05, 0) is 12.1 Å². The average Bonchev–Trinajstić information content (AvgIpc) is 2.99. The highest BCUT2D eigenvalue weighted by Crippen LogP contribution is 2.22. The van der Waals surface area contributed by atoms with Gasteiger partial charge < -0.3 is 0 Å². The van der Waals surface area contributed by atoms with Crippen LogP contribution in [0.1, 0.15) is 24.8 Å². The molecule has 8 heteroatoms. The van der Waals surface area contributed by atoms with Crippen LogP contribution in [-0.2, 0) is 11.3 Å². The third-order valence-corrected chi connectivity index (χ3v) is 4.38. The minimum atomic E-state index is -0.266. The summed E-state index contributed by atoms with van der Waals surface area (Å²) in [5.41, 5.74) is 0.457. The maximum absolute atomic E-state index is 12.2. The summed E-state index contributed by atoms with van der Waals surface area (Å²) in [5, 5.41) is 16.6. The molecule has 0 spiro atoms. The molecule has 0 radical (unpaired) electrons. The van der Waals surface area contributed by atoms with E-state index in [1.165, 1.54) is 22.2 Å². The molecular formula is C15H15N5O2S. The summed E-state index contributed by atoms with van der Waals surface area (Å²) < 4.78 is 1.50. The van der Waals surface area contributed by atoms with Crippen molar-refractivity contribution in [1.82, 2.24) is 20.0 Å². The SMILES string of the molecule is CC(C)c1nnc(NC(=O)Cn2ncc(=O)c3ccccc32)s1. The molecule has 1 amide bonds. The summed E-state index contributed by atoms with van der Waals surface area (Å²) in [6, 6.07) is 7.06. The monoisotopic (exact) mass is 329 g/mol. The number of benzene rings is 1. The zero-order valence-electron chi connectivity index (χ0n) is 12.7. The Morgan fingerprint density at radius 1 is 1.30 bits per heavy atom. The Morgan fingerprint density at radius 2 is 2.09 bits per heavy atom. The zero-order valence-corrected chi connectivity index (χ0v) is 13.5. The second-order valence-corrected chi connectivity index (χ2v) is 6.34. The lowest BCUT2D eigenvalue weighted by molar-refractivity contribution is -0.116. The fraction of sp³-hybridized carbons (Fsp3) is 0.267. The van der Waals surface area contributed by atoms with Crippen LogP contribution in [0.2, 0.25) is 0 Å². The van der Waals surface area contributed by atoms with Crippen LogP contribution in [0.4, 0.5) is 5.13 Å². The molecule has 0 atom stereocenters. The first-order valence-corrected chi connectivity index (χ1v) is 7.94. The molecule has 1 aromatic carbocycles. The highest BCUT2D eigenvalue weighted by atomic mass is 32.1. The van der Waals surface area contributed by atoms with Gasteiger partial charge in [-0.25, -0.2) is 0 Å². The summed E-state index contributed by atoms with van der Waals surface area (Å²) in [7, 11) is 0. The number of nitrogens with zero attached hydrogens (tertiary/aromatic N) is 4. The van der Waals surface area contributed by atoms with Crippen LogP contribution < -0.4 is 10.7 Å². The number of hydrogen-bond donors (Lipinski definition) is 1. The van der Waals surface area contributed by atoms with Gasteiger partial charge in [-0.15, -0.1) is 10.2 Å². The van der Waals surface area contributed by atoms with Crippen molar-refractivity contribution in [2.24, 2.45) is 0 Å². The van der Waals surface area contributed by atoms with E-state index in [2.05, 4.69) is 20.6 Å². The Hall–Kier alpha value is -2.61. The van der Waals surface area contributed by atoms with Gasteiger partial charge in [0.25, 0.3) is 0 Å².